The molecule has 180 valence electrons. The maximum absolute atomic E-state index is 13.5. The largest absolute Gasteiger partial charge is 0.522 e. The van der Waals surface area contributed by atoms with Crippen LogP contribution in [-0.4, -0.2) is 47.8 Å². The Morgan fingerprint density at radius 3 is 2.58 bits per heavy atom. The van der Waals surface area contributed by atoms with Crippen molar-refractivity contribution in [1.29, 1.82) is 0 Å². The van der Waals surface area contributed by atoms with E-state index in [0.29, 0.717) is 18.9 Å². The lowest BCUT2D eigenvalue weighted by atomic mass is 9.82. The highest BCUT2D eigenvalue weighted by molar-refractivity contribution is 5.77. The molecule has 1 amide bonds. The van der Waals surface area contributed by atoms with E-state index in [9.17, 15) is 26.7 Å². The quantitative estimate of drug-likeness (QED) is 0.610. The first-order valence-corrected chi connectivity index (χ1v) is 10.2. The number of rotatable bonds is 7. The Labute approximate surface area is 184 Å². The molecule has 1 saturated heterocycles. The van der Waals surface area contributed by atoms with Crippen LogP contribution < -0.4 is 10.1 Å². The summed E-state index contributed by atoms with van der Waals surface area (Å²) in [5, 5.41) is 10.5. The number of halogens is 5. The Bertz CT molecular complexity index is 971. The van der Waals surface area contributed by atoms with E-state index in [0.717, 1.165) is 12.1 Å². The van der Waals surface area contributed by atoms with Crippen molar-refractivity contribution in [3.63, 3.8) is 0 Å². The minimum absolute atomic E-state index is 0.144. The van der Waals surface area contributed by atoms with Gasteiger partial charge in [-0.3, -0.25) is 9.53 Å². The maximum atomic E-state index is 13.5. The average molecular weight is 477 g/mol. The second-order valence-electron chi connectivity index (χ2n) is 7.86. The van der Waals surface area contributed by atoms with Crippen molar-refractivity contribution in [2.75, 3.05) is 13.2 Å². The molecule has 2 aromatic rings. The molecule has 1 N–H and O–H groups in total. The highest BCUT2D eigenvalue weighted by Crippen LogP contribution is 2.41. The van der Waals surface area contributed by atoms with Crippen LogP contribution in [0.3, 0.4) is 0 Å². The first-order chi connectivity index (χ1) is 15.7. The summed E-state index contributed by atoms with van der Waals surface area (Å²) in [5.74, 6) is -2.20. The van der Waals surface area contributed by atoms with Crippen LogP contribution in [0.2, 0.25) is 0 Å². The van der Waals surface area contributed by atoms with Crippen molar-refractivity contribution in [3.05, 3.63) is 41.6 Å². The molecule has 13 heteroatoms. The average Bonchev–Trinajstić information content (AvgIpc) is 3.19. The lowest BCUT2D eigenvalue weighted by molar-refractivity contribution is -0.352. The third kappa shape index (κ3) is 6.16. The molecule has 0 bridgehead atoms. The second-order valence-corrected chi connectivity index (χ2v) is 7.86. The van der Waals surface area contributed by atoms with E-state index in [4.69, 9.17) is 13.9 Å². The Hall–Kier alpha value is -2.80. The van der Waals surface area contributed by atoms with Gasteiger partial charge in [-0.1, -0.05) is 0 Å². The molecule has 4 rings (SSSR count). The van der Waals surface area contributed by atoms with Crippen LogP contribution in [0.25, 0.3) is 0 Å². The van der Waals surface area contributed by atoms with Crippen molar-refractivity contribution in [1.82, 2.24) is 15.5 Å². The van der Waals surface area contributed by atoms with Crippen molar-refractivity contribution in [2.45, 2.75) is 56.2 Å². The van der Waals surface area contributed by atoms with E-state index in [-0.39, 0.29) is 48.9 Å². The van der Waals surface area contributed by atoms with Crippen LogP contribution in [0.5, 0.6) is 5.75 Å². The number of amides is 1. The third-order valence-electron chi connectivity index (χ3n) is 5.37. The van der Waals surface area contributed by atoms with Gasteiger partial charge in [-0.2, -0.15) is 0 Å². The molecule has 1 aromatic carbocycles. The van der Waals surface area contributed by atoms with Gasteiger partial charge >= 0.3 is 6.36 Å². The summed E-state index contributed by atoms with van der Waals surface area (Å²) in [5.41, 5.74) is 0. The van der Waals surface area contributed by atoms with E-state index < -0.39 is 42.7 Å². The van der Waals surface area contributed by atoms with Crippen LogP contribution in [0.1, 0.15) is 49.5 Å². The molecule has 2 fully saturated rings. The number of aromatic nitrogens is 2. The fourth-order valence-electron chi connectivity index (χ4n) is 3.66. The van der Waals surface area contributed by atoms with E-state index in [1.54, 1.807) is 0 Å². The zero-order valence-corrected chi connectivity index (χ0v) is 17.1. The van der Waals surface area contributed by atoms with Crippen molar-refractivity contribution >= 4 is 5.91 Å². The second kappa shape index (κ2) is 9.59. The number of hydrogen-bond acceptors (Lipinski definition) is 7. The van der Waals surface area contributed by atoms with Gasteiger partial charge in [-0.25, -0.2) is 8.78 Å². The molecule has 33 heavy (non-hydrogen) atoms. The predicted octanol–water partition coefficient (Wildman–Crippen LogP) is 3.55. The molecule has 1 aromatic heterocycles. The zero-order valence-electron chi connectivity index (χ0n) is 17.1. The van der Waals surface area contributed by atoms with Gasteiger partial charge < -0.3 is 19.2 Å². The number of nitrogens with zero attached hydrogens (tertiary/aromatic N) is 2. The maximum Gasteiger partial charge on any atom is 0.522 e. The fourth-order valence-corrected chi connectivity index (χ4v) is 3.66. The molecule has 8 nitrogen and oxygen atoms in total. The smallest absolute Gasteiger partial charge is 0.481 e. The normalized spacial score (nSPS) is 25.4. The molecule has 2 heterocycles. The molecule has 0 spiro atoms. The minimum Gasteiger partial charge on any atom is -0.481 e. The number of carbonyl (C=O) groups is 1. The Kier molecular flexibility index (Phi) is 6.79. The van der Waals surface area contributed by atoms with Gasteiger partial charge in [0, 0.05) is 12.0 Å². The molecule has 2 aliphatic rings. The fraction of sp³-hybridized carbons (Fsp3) is 0.550. The Morgan fingerprint density at radius 1 is 1.15 bits per heavy atom. The van der Waals surface area contributed by atoms with E-state index >= 15 is 0 Å². The highest BCUT2D eigenvalue weighted by Gasteiger charge is 2.42. The molecular weight excluding hydrogens is 457 g/mol. The first kappa shape index (κ1) is 23.4. The number of hydrogen-bond donors (Lipinski definition) is 1. The Morgan fingerprint density at radius 2 is 1.91 bits per heavy atom. The highest BCUT2D eigenvalue weighted by atomic mass is 19.4. The first-order valence-electron chi connectivity index (χ1n) is 10.2. The van der Waals surface area contributed by atoms with Crippen LogP contribution in [0.4, 0.5) is 22.0 Å². The zero-order chi connectivity index (χ0) is 23.6. The standard InChI is InChI=1S/C20H20F5N3O5/c21-11-1-3-15(14(22)7-11)31-9-17(29)26-12-2-4-16(30-8-12)19-28-27-18(32-19)10-5-13(6-10)33-20(23,24)25/h1,3,7,10,12-13,16H,2,4-6,8-9H2,(H,26,29)/t10?,12-,13?,16+/m1/s1. The summed E-state index contributed by atoms with van der Waals surface area (Å²) in [6.07, 6.45) is -4.79. The summed E-state index contributed by atoms with van der Waals surface area (Å²) in [6.45, 7) is -0.292. The van der Waals surface area contributed by atoms with E-state index in [1.807, 2.05) is 0 Å². The molecular formula is C20H20F5N3O5. The van der Waals surface area contributed by atoms with Gasteiger partial charge in [0.05, 0.1) is 18.8 Å². The van der Waals surface area contributed by atoms with Crippen molar-refractivity contribution in [2.24, 2.45) is 0 Å². The summed E-state index contributed by atoms with van der Waals surface area (Å²) in [4.78, 5) is 12.0. The topological polar surface area (TPSA) is 95.7 Å². The molecule has 0 radical (unpaired) electrons. The molecule has 1 aliphatic carbocycles. The van der Waals surface area contributed by atoms with Gasteiger partial charge in [0.15, 0.2) is 18.2 Å². The lowest BCUT2D eigenvalue weighted by Crippen LogP contribution is -2.43. The summed E-state index contributed by atoms with van der Waals surface area (Å²) >= 11 is 0. The van der Waals surface area contributed by atoms with Crippen LogP contribution >= 0.6 is 0 Å². The lowest BCUT2D eigenvalue weighted by Gasteiger charge is -2.33. The van der Waals surface area contributed by atoms with E-state index in [1.165, 1.54) is 0 Å². The van der Waals surface area contributed by atoms with Gasteiger partial charge in [0.2, 0.25) is 11.8 Å². The summed E-state index contributed by atoms with van der Waals surface area (Å²) in [6, 6.07) is 2.46. The van der Waals surface area contributed by atoms with Gasteiger partial charge in [-0.15, -0.1) is 23.4 Å². The number of alkyl halides is 3. The van der Waals surface area contributed by atoms with E-state index in [2.05, 4.69) is 20.3 Å². The molecule has 0 unspecified atom stereocenters. The SMILES string of the molecule is O=C(COc1ccc(F)cc1F)N[C@@H]1CC[C@@H](c2nnc(C3CC(OC(F)(F)F)C3)o2)OC1. The molecule has 1 aliphatic heterocycles. The Balaban J connectivity index is 1.18. The van der Waals surface area contributed by atoms with Gasteiger partial charge in [-0.05, 0) is 37.8 Å². The van der Waals surface area contributed by atoms with Gasteiger partial charge in [0.25, 0.3) is 5.91 Å². The van der Waals surface area contributed by atoms with Crippen molar-refractivity contribution < 1.29 is 45.4 Å². The van der Waals surface area contributed by atoms with Crippen molar-refractivity contribution in [3.8, 4) is 5.75 Å². The predicted molar refractivity (Wildman–Crippen MR) is 98.9 cm³/mol. The number of nitrogens with one attached hydrogen (secondary N) is 1. The number of ether oxygens (including phenoxy) is 3. The summed E-state index contributed by atoms with van der Waals surface area (Å²) in [7, 11) is 0. The monoisotopic (exact) mass is 477 g/mol. The molecule has 1 saturated carbocycles. The molecule has 2 atom stereocenters. The van der Waals surface area contributed by atoms with Crippen LogP contribution in [0, 0.1) is 11.6 Å². The number of carbonyl (C=O) groups excluding carboxylic acids is 1. The minimum atomic E-state index is -4.67. The van der Waals surface area contributed by atoms with Gasteiger partial charge in [0.1, 0.15) is 11.9 Å². The number of benzene rings is 1. The van der Waals surface area contributed by atoms with Crippen LogP contribution in [-0.2, 0) is 14.3 Å². The van der Waals surface area contributed by atoms with Crippen LogP contribution in [0.15, 0.2) is 22.6 Å². The third-order valence-corrected chi connectivity index (χ3v) is 5.37. The summed E-state index contributed by atoms with van der Waals surface area (Å²) < 4.78 is 83.3.